The van der Waals surface area contributed by atoms with Gasteiger partial charge in [-0.05, 0) is 63.1 Å². The van der Waals surface area contributed by atoms with Gasteiger partial charge in [0.2, 0.25) is 0 Å². The third-order valence-corrected chi connectivity index (χ3v) is 4.64. The highest BCUT2D eigenvalue weighted by molar-refractivity contribution is 5.89. The zero-order valence-electron chi connectivity index (χ0n) is 16.1. The van der Waals surface area contributed by atoms with Crippen LogP contribution in [0.15, 0.2) is 55.0 Å². The van der Waals surface area contributed by atoms with Gasteiger partial charge in [0, 0.05) is 41.4 Å². The van der Waals surface area contributed by atoms with Crippen molar-refractivity contribution in [1.82, 2.24) is 14.1 Å². The molecule has 0 aliphatic carbocycles. The molecule has 1 aromatic carbocycles. The lowest BCUT2D eigenvalue weighted by molar-refractivity contribution is 0.0543. The number of carbonyl (C=O) groups excluding carboxylic acids is 1. The zero-order chi connectivity index (χ0) is 19.2. The van der Waals surface area contributed by atoms with Gasteiger partial charge >= 0.3 is 6.09 Å². The summed E-state index contributed by atoms with van der Waals surface area (Å²) in [6.45, 7) is 8.40. The molecule has 0 unspecified atom stereocenters. The summed E-state index contributed by atoms with van der Waals surface area (Å²) >= 11 is 0. The Balaban J connectivity index is 1.73. The lowest BCUT2D eigenvalue weighted by atomic mass is 10.1. The van der Waals surface area contributed by atoms with Gasteiger partial charge in [0.15, 0.2) is 0 Å². The van der Waals surface area contributed by atoms with E-state index in [0.29, 0.717) is 12.2 Å². The number of rotatable bonds is 2. The molecule has 5 nitrogen and oxygen atoms in total. The molecule has 0 saturated heterocycles. The fourth-order valence-electron chi connectivity index (χ4n) is 3.39. The highest BCUT2D eigenvalue weighted by Crippen LogP contribution is 2.24. The van der Waals surface area contributed by atoms with Crippen molar-refractivity contribution in [1.29, 1.82) is 0 Å². The van der Waals surface area contributed by atoms with Crippen LogP contribution in [-0.2, 0) is 11.3 Å². The number of aryl methyl sites for hydroxylation is 1. The molecule has 0 spiro atoms. The second-order valence-corrected chi connectivity index (χ2v) is 7.82. The van der Waals surface area contributed by atoms with Crippen LogP contribution in [0.5, 0.6) is 0 Å². The van der Waals surface area contributed by atoms with Gasteiger partial charge in [0.1, 0.15) is 11.2 Å². The number of hydrogen-bond donors (Lipinski definition) is 0. The van der Waals surface area contributed by atoms with Gasteiger partial charge < -0.3 is 9.30 Å². The second kappa shape index (κ2) is 6.27. The van der Waals surface area contributed by atoms with Crippen molar-refractivity contribution in [2.24, 2.45) is 0 Å². The molecule has 3 aromatic heterocycles. The molecular formula is C22H23N3O2. The van der Waals surface area contributed by atoms with E-state index in [2.05, 4.69) is 46.9 Å². The molecule has 0 aliphatic rings. The van der Waals surface area contributed by atoms with Crippen LogP contribution in [0, 0.1) is 6.92 Å². The number of nitrogens with zero attached hydrogens (tertiary/aromatic N) is 3. The minimum Gasteiger partial charge on any atom is -0.443 e. The molecule has 0 amide bonds. The van der Waals surface area contributed by atoms with Crippen LogP contribution in [0.3, 0.4) is 0 Å². The van der Waals surface area contributed by atoms with Gasteiger partial charge in [-0.2, -0.15) is 0 Å². The van der Waals surface area contributed by atoms with E-state index in [0.717, 1.165) is 10.9 Å². The monoisotopic (exact) mass is 361 g/mol. The quantitative estimate of drug-likeness (QED) is 0.497. The number of aromatic nitrogens is 3. The lowest BCUT2D eigenvalue weighted by Crippen LogP contribution is -2.26. The molecule has 0 aliphatic heterocycles. The first-order valence-electron chi connectivity index (χ1n) is 9.06. The van der Waals surface area contributed by atoms with E-state index < -0.39 is 11.7 Å². The largest absolute Gasteiger partial charge is 0.443 e. The first-order chi connectivity index (χ1) is 12.8. The van der Waals surface area contributed by atoms with E-state index in [1.165, 1.54) is 21.0 Å². The Kier molecular flexibility index (Phi) is 4.02. The number of pyridine rings is 1. The van der Waals surface area contributed by atoms with Gasteiger partial charge in [-0.25, -0.2) is 14.3 Å². The van der Waals surface area contributed by atoms with Gasteiger partial charge in [0.25, 0.3) is 0 Å². The molecule has 4 aromatic rings. The maximum atomic E-state index is 12.5. The van der Waals surface area contributed by atoms with Gasteiger partial charge in [-0.1, -0.05) is 12.1 Å². The first-order valence-corrected chi connectivity index (χ1v) is 9.06. The Morgan fingerprint density at radius 2 is 1.85 bits per heavy atom. The van der Waals surface area contributed by atoms with Crippen LogP contribution in [0.1, 0.15) is 31.9 Å². The summed E-state index contributed by atoms with van der Waals surface area (Å²) in [7, 11) is 0. The summed E-state index contributed by atoms with van der Waals surface area (Å²) in [5, 5.41) is 2.21. The molecule has 27 heavy (non-hydrogen) atoms. The van der Waals surface area contributed by atoms with E-state index in [1.807, 2.05) is 32.9 Å². The average Bonchev–Trinajstić information content (AvgIpc) is 3.19. The number of ether oxygens (including phenoxy) is 1. The SMILES string of the molecule is Cc1cccc2c1ccn2Cc1ccnc2c1ccn2C(=O)OC(C)(C)C. The van der Waals surface area contributed by atoms with E-state index in [4.69, 9.17) is 4.74 Å². The Bertz CT molecular complexity index is 1150. The molecule has 0 saturated carbocycles. The summed E-state index contributed by atoms with van der Waals surface area (Å²) in [6.07, 6.45) is 5.17. The number of carbonyl (C=O) groups is 1. The molecule has 5 heteroatoms. The average molecular weight is 361 g/mol. The molecule has 0 radical (unpaired) electrons. The van der Waals surface area contributed by atoms with Crippen LogP contribution < -0.4 is 0 Å². The third-order valence-electron chi connectivity index (χ3n) is 4.64. The number of benzene rings is 1. The van der Waals surface area contributed by atoms with Crippen molar-refractivity contribution in [2.75, 3.05) is 0 Å². The Morgan fingerprint density at radius 3 is 2.63 bits per heavy atom. The maximum Gasteiger partial charge on any atom is 0.420 e. The predicted molar refractivity (Wildman–Crippen MR) is 107 cm³/mol. The molecule has 0 atom stereocenters. The Hall–Kier alpha value is -3.08. The standard InChI is InChI=1S/C22H23N3O2/c1-15-6-5-7-19-17(15)9-12-24(19)14-16-8-11-23-20-18(16)10-13-25(20)21(26)27-22(2,3)4/h5-13H,14H2,1-4H3. The number of fused-ring (bicyclic) bond motifs is 2. The van der Waals surface area contributed by atoms with Gasteiger partial charge in [-0.15, -0.1) is 0 Å². The van der Waals surface area contributed by atoms with Crippen LogP contribution in [0.25, 0.3) is 21.9 Å². The molecule has 0 N–H and O–H groups in total. The minimum absolute atomic E-state index is 0.413. The van der Waals surface area contributed by atoms with Crippen LogP contribution in [0.2, 0.25) is 0 Å². The van der Waals surface area contributed by atoms with E-state index in [9.17, 15) is 4.79 Å². The predicted octanol–water partition coefficient (Wildman–Crippen LogP) is 5.13. The van der Waals surface area contributed by atoms with Crippen LogP contribution in [0.4, 0.5) is 4.79 Å². The zero-order valence-corrected chi connectivity index (χ0v) is 16.1. The van der Waals surface area contributed by atoms with Crippen molar-refractivity contribution in [2.45, 2.75) is 39.8 Å². The smallest absolute Gasteiger partial charge is 0.420 e. The fraction of sp³-hybridized carbons (Fsp3) is 0.273. The van der Waals surface area contributed by atoms with Gasteiger partial charge in [-0.3, -0.25) is 0 Å². The minimum atomic E-state index is -0.548. The molecular weight excluding hydrogens is 338 g/mol. The highest BCUT2D eigenvalue weighted by Gasteiger charge is 2.20. The van der Waals surface area contributed by atoms with Crippen molar-refractivity contribution >= 4 is 28.0 Å². The Morgan fingerprint density at radius 1 is 1.07 bits per heavy atom. The molecule has 0 bridgehead atoms. The van der Waals surface area contributed by atoms with E-state index in [-0.39, 0.29) is 0 Å². The number of hydrogen-bond acceptors (Lipinski definition) is 3. The lowest BCUT2D eigenvalue weighted by Gasteiger charge is -2.19. The van der Waals surface area contributed by atoms with E-state index >= 15 is 0 Å². The van der Waals surface area contributed by atoms with Crippen molar-refractivity contribution in [3.63, 3.8) is 0 Å². The van der Waals surface area contributed by atoms with Crippen LogP contribution in [-0.4, -0.2) is 25.8 Å². The summed E-state index contributed by atoms with van der Waals surface area (Å²) in [5.41, 5.74) is 3.65. The topological polar surface area (TPSA) is 49.0 Å². The normalized spacial score (nSPS) is 12.0. The molecule has 0 fully saturated rings. The summed E-state index contributed by atoms with van der Waals surface area (Å²) in [4.78, 5) is 16.9. The van der Waals surface area contributed by atoms with Crippen molar-refractivity contribution < 1.29 is 9.53 Å². The van der Waals surface area contributed by atoms with Gasteiger partial charge in [0.05, 0.1) is 0 Å². The molecule has 4 rings (SSSR count). The first kappa shape index (κ1) is 17.3. The van der Waals surface area contributed by atoms with E-state index in [1.54, 1.807) is 12.4 Å². The summed E-state index contributed by atoms with van der Waals surface area (Å²) < 4.78 is 9.18. The third kappa shape index (κ3) is 3.21. The highest BCUT2D eigenvalue weighted by atomic mass is 16.6. The second-order valence-electron chi connectivity index (χ2n) is 7.82. The molecule has 138 valence electrons. The van der Waals surface area contributed by atoms with Crippen molar-refractivity contribution in [3.8, 4) is 0 Å². The van der Waals surface area contributed by atoms with Crippen LogP contribution >= 0.6 is 0 Å². The summed E-state index contributed by atoms with van der Waals surface area (Å²) in [6, 6.07) is 12.4. The molecule has 3 heterocycles. The Labute approximate surface area is 158 Å². The fourth-order valence-corrected chi connectivity index (χ4v) is 3.39. The maximum absolute atomic E-state index is 12.5. The van der Waals surface area contributed by atoms with Crippen molar-refractivity contribution in [3.05, 3.63) is 66.1 Å². The summed E-state index contributed by atoms with van der Waals surface area (Å²) in [5.74, 6) is 0.